The standard InChI is InChI=1S/C10H13N5OS/c1-5(6-3-13-14-4-6)15-8-2-7(11)9(17-8)10(12)16/h2-5,15H,11H2,1H3,(H2,12,16)(H,13,14). The van der Waals surface area contributed by atoms with Crippen LogP contribution < -0.4 is 16.8 Å². The molecule has 0 saturated heterocycles. The number of nitrogens with zero attached hydrogens (tertiary/aromatic N) is 1. The fourth-order valence-corrected chi connectivity index (χ4v) is 2.38. The van der Waals surface area contributed by atoms with Crippen LogP contribution in [0, 0.1) is 0 Å². The molecule has 0 radical (unpaired) electrons. The molecular formula is C10H13N5OS. The minimum Gasteiger partial charge on any atom is -0.397 e. The Morgan fingerprint density at radius 1 is 1.65 bits per heavy atom. The van der Waals surface area contributed by atoms with Gasteiger partial charge >= 0.3 is 0 Å². The van der Waals surface area contributed by atoms with Crippen molar-refractivity contribution in [2.24, 2.45) is 5.73 Å². The number of thiophene rings is 1. The first kappa shape index (κ1) is 11.5. The van der Waals surface area contributed by atoms with Gasteiger partial charge in [-0.3, -0.25) is 9.89 Å². The lowest BCUT2D eigenvalue weighted by Crippen LogP contribution is -2.10. The Kier molecular flexibility index (Phi) is 3.01. The molecule has 17 heavy (non-hydrogen) atoms. The SMILES string of the molecule is CC(Nc1cc(N)c(C(N)=O)s1)c1cn[nH]c1. The first-order valence-corrected chi connectivity index (χ1v) is 5.84. The number of H-pyrrole nitrogens is 1. The van der Waals surface area contributed by atoms with E-state index in [-0.39, 0.29) is 6.04 Å². The molecule has 2 heterocycles. The van der Waals surface area contributed by atoms with E-state index in [1.165, 1.54) is 11.3 Å². The molecule has 0 spiro atoms. The van der Waals surface area contributed by atoms with Gasteiger partial charge in [-0.25, -0.2) is 0 Å². The number of hydrogen-bond donors (Lipinski definition) is 4. The number of rotatable bonds is 4. The molecule has 0 aliphatic heterocycles. The molecule has 7 heteroatoms. The zero-order valence-electron chi connectivity index (χ0n) is 9.23. The van der Waals surface area contributed by atoms with E-state index < -0.39 is 5.91 Å². The maximum Gasteiger partial charge on any atom is 0.260 e. The molecule has 1 atom stereocenters. The lowest BCUT2D eigenvalue weighted by Gasteiger charge is -2.10. The number of aromatic nitrogens is 2. The number of carbonyl (C=O) groups is 1. The summed E-state index contributed by atoms with van der Waals surface area (Å²) in [5.74, 6) is -0.503. The largest absolute Gasteiger partial charge is 0.397 e. The minimum absolute atomic E-state index is 0.0764. The van der Waals surface area contributed by atoms with E-state index in [9.17, 15) is 4.79 Å². The average Bonchev–Trinajstić information content (AvgIpc) is 2.86. The van der Waals surface area contributed by atoms with Gasteiger partial charge in [-0.2, -0.15) is 5.10 Å². The van der Waals surface area contributed by atoms with Crippen LogP contribution in [0.4, 0.5) is 10.7 Å². The molecule has 1 amide bonds. The van der Waals surface area contributed by atoms with Crippen LogP contribution in [-0.4, -0.2) is 16.1 Å². The molecule has 2 aromatic heterocycles. The fourth-order valence-electron chi connectivity index (χ4n) is 1.46. The number of primary amides is 1. The second-order valence-electron chi connectivity index (χ2n) is 3.66. The molecule has 1 unspecified atom stereocenters. The van der Waals surface area contributed by atoms with Gasteiger partial charge in [-0.1, -0.05) is 0 Å². The van der Waals surface area contributed by atoms with Gasteiger partial charge < -0.3 is 16.8 Å². The highest BCUT2D eigenvalue weighted by molar-refractivity contribution is 7.18. The van der Waals surface area contributed by atoms with Crippen molar-refractivity contribution in [3.05, 3.63) is 28.9 Å². The van der Waals surface area contributed by atoms with Crippen LogP contribution >= 0.6 is 11.3 Å². The molecule has 0 aliphatic rings. The molecule has 0 aliphatic carbocycles. The lowest BCUT2D eigenvalue weighted by atomic mass is 10.2. The van der Waals surface area contributed by atoms with Gasteiger partial charge in [0.05, 0.1) is 22.9 Å². The number of amides is 1. The Morgan fingerprint density at radius 3 is 2.94 bits per heavy atom. The van der Waals surface area contributed by atoms with Crippen molar-refractivity contribution in [1.82, 2.24) is 10.2 Å². The molecule has 0 aromatic carbocycles. The van der Waals surface area contributed by atoms with E-state index >= 15 is 0 Å². The van der Waals surface area contributed by atoms with E-state index in [4.69, 9.17) is 11.5 Å². The Bertz CT molecular complexity index is 519. The Balaban J connectivity index is 2.14. The molecule has 0 saturated carbocycles. The summed E-state index contributed by atoms with van der Waals surface area (Å²) in [6, 6.07) is 1.79. The zero-order valence-corrected chi connectivity index (χ0v) is 10.0. The summed E-state index contributed by atoms with van der Waals surface area (Å²) in [4.78, 5) is 11.4. The normalized spacial score (nSPS) is 12.3. The number of nitrogens with one attached hydrogen (secondary N) is 2. The summed E-state index contributed by atoms with van der Waals surface area (Å²) in [5, 5.41) is 10.7. The topological polar surface area (TPSA) is 110 Å². The minimum atomic E-state index is -0.503. The number of aromatic amines is 1. The predicted octanol–water partition coefficient (Wildman–Crippen LogP) is 1.33. The van der Waals surface area contributed by atoms with Crippen LogP contribution in [0.3, 0.4) is 0 Å². The number of anilines is 2. The zero-order chi connectivity index (χ0) is 12.4. The van der Waals surface area contributed by atoms with Crippen LogP contribution in [0.1, 0.15) is 28.2 Å². The monoisotopic (exact) mass is 251 g/mol. The molecule has 0 bridgehead atoms. The summed E-state index contributed by atoms with van der Waals surface area (Å²) >= 11 is 1.25. The van der Waals surface area contributed by atoms with Crippen molar-refractivity contribution >= 4 is 27.9 Å². The average molecular weight is 251 g/mol. The molecule has 0 fully saturated rings. The van der Waals surface area contributed by atoms with Gasteiger partial charge in [0.25, 0.3) is 5.91 Å². The lowest BCUT2D eigenvalue weighted by molar-refractivity contribution is 0.100. The third kappa shape index (κ3) is 2.39. The summed E-state index contributed by atoms with van der Waals surface area (Å²) < 4.78 is 0. The van der Waals surface area contributed by atoms with Gasteiger partial charge in [0, 0.05) is 11.8 Å². The molecule has 90 valence electrons. The quantitative estimate of drug-likeness (QED) is 0.657. The van der Waals surface area contributed by atoms with Crippen LogP contribution in [0.15, 0.2) is 18.5 Å². The van der Waals surface area contributed by atoms with Gasteiger partial charge in [0.1, 0.15) is 4.88 Å². The molecule has 6 nitrogen and oxygen atoms in total. The van der Waals surface area contributed by atoms with Gasteiger partial charge in [-0.15, -0.1) is 11.3 Å². The van der Waals surface area contributed by atoms with Crippen molar-refractivity contribution in [3.63, 3.8) is 0 Å². The summed E-state index contributed by atoms with van der Waals surface area (Å²) in [6.07, 6.45) is 3.55. The summed E-state index contributed by atoms with van der Waals surface area (Å²) in [5.41, 5.74) is 12.3. The smallest absolute Gasteiger partial charge is 0.260 e. The third-order valence-corrected chi connectivity index (χ3v) is 3.46. The van der Waals surface area contributed by atoms with E-state index in [2.05, 4.69) is 15.5 Å². The summed E-state index contributed by atoms with van der Waals surface area (Å²) in [6.45, 7) is 1.99. The highest BCUT2D eigenvalue weighted by Gasteiger charge is 2.13. The van der Waals surface area contributed by atoms with Crippen LogP contribution in [-0.2, 0) is 0 Å². The van der Waals surface area contributed by atoms with E-state index in [0.29, 0.717) is 10.6 Å². The van der Waals surface area contributed by atoms with Crippen LogP contribution in [0.5, 0.6) is 0 Å². The van der Waals surface area contributed by atoms with Crippen molar-refractivity contribution in [2.75, 3.05) is 11.1 Å². The van der Waals surface area contributed by atoms with E-state index in [1.54, 1.807) is 12.3 Å². The van der Waals surface area contributed by atoms with Crippen molar-refractivity contribution in [2.45, 2.75) is 13.0 Å². The Hall–Kier alpha value is -2.02. The van der Waals surface area contributed by atoms with Gasteiger partial charge in [0.15, 0.2) is 0 Å². The Morgan fingerprint density at radius 2 is 2.41 bits per heavy atom. The predicted molar refractivity (Wildman–Crippen MR) is 67.9 cm³/mol. The summed E-state index contributed by atoms with van der Waals surface area (Å²) in [7, 11) is 0. The maximum atomic E-state index is 11.1. The number of carbonyl (C=O) groups excluding carboxylic acids is 1. The second-order valence-corrected chi connectivity index (χ2v) is 4.71. The van der Waals surface area contributed by atoms with Crippen molar-refractivity contribution in [3.8, 4) is 0 Å². The first-order valence-electron chi connectivity index (χ1n) is 5.02. The van der Waals surface area contributed by atoms with Crippen molar-refractivity contribution in [1.29, 1.82) is 0 Å². The molecular weight excluding hydrogens is 238 g/mol. The number of nitrogen functional groups attached to an aromatic ring is 1. The van der Waals surface area contributed by atoms with E-state index in [1.807, 2.05) is 13.1 Å². The number of hydrogen-bond acceptors (Lipinski definition) is 5. The van der Waals surface area contributed by atoms with Crippen molar-refractivity contribution < 1.29 is 4.79 Å². The third-order valence-electron chi connectivity index (χ3n) is 2.36. The van der Waals surface area contributed by atoms with Crippen LogP contribution in [0.2, 0.25) is 0 Å². The highest BCUT2D eigenvalue weighted by atomic mass is 32.1. The van der Waals surface area contributed by atoms with Gasteiger partial charge in [-0.05, 0) is 13.0 Å². The molecule has 6 N–H and O–H groups in total. The second kappa shape index (κ2) is 4.46. The maximum absolute atomic E-state index is 11.1. The van der Waals surface area contributed by atoms with Crippen LogP contribution in [0.25, 0.3) is 0 Å². The Labute approximate surface area is 102 Å². The fraction of sp³-hybridized carbons (Fsp3) is 0.200. The molecule has 2 aromatic rings. The highest BCUT2D eigenvalue weighted by Crippen LogP contribution is 2.31. The van der Waals surface area contributed by atoms with E-state index in [0.717, 1.165) is 10.6 Å². The van der Waals surface area contributed by atoms with Gasteiger partial charge in [0.2, 0.25) is 0 Å². The number of nitrogens with two attached hydrogens (primary N) is 2. The molecule has 2 rings (SSSR count). The first-order chi connectivity index (χ1) is 8.08.